The zero-order valence-electron chi connectivity index (χ0n) is 12.3. The smallest absolute Gasteiger partial charge is 0.245 e. The SMILES string of the molecule is COCC(=O)NC[C@@H]1CC(=O)N(c2ccc3c(c2)OCO3)C1. The summed E-state index contributed by atoms with van der Waals surface area (Å²) < 4.78 is 15.4. The van der Waals surface area contributed by atoms with Gasteiger partial charge in [0.15, 0.2) is 11.5 Å². The summed E-state index contributed by atoms with van der Waals surface area (Å²) in [7, 11) is 1.47. The predicted octanol–water partition coefficient (Wildman–Crippen LogP) is 0.531. The second-order valence-electron chi connectivity index (χ2n) is 5.35. The molecular weight excluding hydrogens is 288 g/mol. The fourth-order valence-electron chi connectivity index (χ4n) is 2.66. The number of benzene rings is 1. The van der Waals surface area contributed by atoms with Crippen LogP contribution in [0.5, 0.6) is 11.5 Å². The van der Waals surface area contributed by atoms with Crippen LogP contribution in [-0.2, 0) is 14.3 Å². The number of hydrogen-bond donors (Lipinski definition) is 1. The van der Waals surface area contributed by atoms with E-state index in [1.54, 1.807) is 11.0 Å². The third-order valence-corrected chi connectivity index (χ3v) is 3.74. The predicted molar refractivity (Wildman–Crippen MR) is 77.9 cm³/mol. The van der Waals surface area contributed by atoms with Gasteiger partial charge in [-0.15, -0.1) is 0 Å². The molecule has 2 aliphatic rings. The summed E-state index contributed by atoms with van der Waals surface area (Å²) >= 11 is 0. The molecule has 0 aromatic heterocycles. The van der Waals surface area contributed by atoms with Gasteiger partial charge in [-0.3, -0.25) is 9.59 Å². The van der Waals surface area contributed by atoms with E-state index < -0.39 is 0 Å². The number of amides is 2. The third kappa shape index (κ3) is 2.99. The van der Waals surface area contributed by atoms with E-state index in [9.17, 15) is 9.59 Å². The quantitative estimate of drug-likeness (QED) is 0.859. The van der Waals surface area contributed by atoms with Crippen LogP contribution in [0.4, 0.5) is 5.69 Å². The fourth-order valence-corrected chi connectivity index (χ4v) is 2.66. The lowest BCUT2D eigenvalue weighted by Gasteiger charge is -2.17. The van der Waals surface area contributed by atoms with Gasteiger partial charge in [0.2, 0.25) is 18.6 Å². The summed E-state index contributed by atoms with van der Waals surface area (Å²) in [6, 6.07) is 5.46. The highest BCUT2D eigenvalue weighted by atomic mass is 16.7. The molecule has 0 spiro atoms. The molecule has 0 bridgehead atoms. The van der Waals surface area contributed by atoms with Crippen LogP contribution in [0.25, 0.3) is 0 Å². The second kappa shape index (κ2) is 6.23. The first-order valence-corrected chi connectivity index (χ1v) is 7.13. The number of ether oxygens (including phenoxy) is 3. The molecule has 7 heteroatoms. The van der Waals surface area contributed by atoms with Gasteiger partial charge in [-0.1, -0.05) is 0 Å². The number of methoxy groups -OCH3 is 1. The summed E-state index contributed by atoms with van der Waals surface area (Å²) in [5, 5.41) is 2.77. The number of carbonyl (C=O) groups excluding carboxylic acids is 2. The average molecular weight is 306 g/mol. The Morgan fingerprint density at radius 3 is 3.05 bits per heavy atom. The number of rotatable bonds is 5. The van der Waals surface area contributed by atoms with Crippen LogP contribution in [0.2, 0.25) is 0 Å². The number of carbonyl (C=O) groups is 2. The van der Waals surface area contributed by atoms with Gasteiger partial charge in [0.05, 0.1) is 0 Å². The maximum absolute atomic E-state index is 12.2. The second-order valence-corrected chi connectivity index (χ2v) is 5.35. The summed E-state index contributed by atoms with van der Waals surface area (Å²) in [4.78, 5) is 25.3. The molecule has 0 radical (unpaired) electrons. The van der Waals surface area contributed by atoms with E-state index in [-0.39, 0.29) is 31.1 Å². The van der Waals surface area contributed by atoms with Crippen LogP contribution in [0.1, 0.15) is 6.42 Å². The van der Waals surface area contributed by atoms with Crippen molar-refractivity contribution in [3.05, 3.63) is 18.2 Å². The number of nitrogens with one attached hydrogen (secondary N) is 1. The molecule has 7 nitrogen and oxygen atoms in total. The molecule has 1 aromatic rings. The highest BCUT2D eigenvalue weighted by Gasteiger charge is 2.31. The van der Waals surface area contributed by atoms with Crippen LogP contribution >= 0.6 is 0 Å². The number of nitrogens with zero attached hydrogens (tertiary/aromatic N) is 1. The highest BCUT2D eigenvalue weighted by molar-refractivity contribution is 5.96. The lowest BCUT2D eigenvalue weighted by atomic mass is 10.1. The third-order valence-electron chi connectivity index (χ3n) is 3.74. The Morgan fingerprint density at radius 1 is 1.41 bits per heavy atom. The van der Waals surface area contributed by atoms with E-state index in [0.29, 0.717) is 31.0 Å². The van der Waals surface area contributed by atoms with E-state index in [4.69, 9.17) is 14.2 Å². The van der Waals surface area contributed by atoms with Crippen LogP contribution < -0.4 is 19.7 Å². The maximum atomic E-state index is 12.2. The van der Waals surface area contributed by atoms with Crippen molar-refractivity contribution >= 4 is 17.5 Å². The first-order valence-electron chi connectivity index (χ1n) is 7.13. The first-order chi connectivity index (χ1) is 10.7. The van der Waals surface area contributed by atoms with E-state index in [2.05, 4.69) is 5.32 Å². The Bertz CT molecular complexity index is 589. The van der Waals surface area contributed by atoms with Crippen LogP contribution in [0, 0.1) is 5.92 Å². The van der Waals surface area contributed by atoms with Crippen molar-refractivity contribution in [2.45, 2.75) is 6.42 Å². The Hall–Kier alpha value is -2.28. The Kier molecular flexibility index (Phi) is 4.15. The average Bonchev–Trinajstić information content (AvgIpc) is 3.11. The molecule has 2 heterocycles. The Balaban J connectivity index is 1.61. The van der Waals surface area contributed by atoms with E-state index in [0.717, 1.165) is 5.69 Å². The minimum Gasteiger partial charge on any atom is -0.454 e. The summed E-state index contributed by atoms with van der Waals surface area (Å²) in [5.41, 5.74) is 0.792. The highest BCUT2D eigenvalue weighted by Crippen LogP contribution is 2.37. The molecule has 1 atom stereocenters. The van der Waals surface area contributed by atoms with Gasteiger partial charge >= 0.3 is 0 Å². The summed E-state index contributed by atoms with van der Waals surface area (Å²) in [6.45, 7) is 1.29. The Labute approximate surface area is 128 Å². The van der Waals surface area contributed by atoms with Crippen LogP contribution in [0.15, 0.2) is 18.2 Å². The van der Waals surface area contributed by atoms with Crippen molar-refractivity contribution in [1.29, 1.82) is 0 Å². The van der Waals surface area contributed by atoms with E-state index >= 15 is 0 Å². The van der Waals surface area contributed by atoms with E-state index in [1.165, 1.54) is 7.11 Å². The van der Waals surface area contributed by atoms with Crippen molar-refractivity contribution < 1.29 is 23.8 Å². The molecule has 2 aliphatic heterocycles. The van der Waals surface area contributed by atoms with Crippen molar-refractivity contribution in [2.24, 2.45) is 5.92 Å². The lowest BCUT2D eigenvalue weighted by Crippen LogP contribution is -2.33. The van der Waals surface area contributed by atoms with Crippen LogP contribution in [0.3, 0.4) is 0 Å². The van der Waals surface area contributed by atoms with Gasteiger partial charge in [-0.05, 0) is 12.1 Å². The standard InChI is InChI=1S/C15H18N2O5/c1-20-8-14(18)16-6-10-4-15(19)17(7-10)11-2-3-12-13(5-11)22-9-21-12/h2-3,5,10H,4,6-9H2,1H3,(H,16,18)/t10-/m0/s1. The molecule has 3 rings (SSSR count). The molecule has 1 N–H and O–H groups in total. The largest absolute Gasteiger partial charge is 0.454 e. The minimum absolute atomic E-state index is 0.0343. The van der Waals surface area contributed by atoms with Crippen LogP contribution in [-0.4, -0.2) is 45.4 Å². The molecule has 0 unspecified atom stereocenters. The summed E-state index contributed by atoms with van der Waals surface area (Å²) in [5.74, 6) is 1.32. The molecule has 0 aliphatic carbocycles. The van der Waals surface area contributed by atoms with Gasteiger partial charge in [0, 0.05) is 44.3 Å². The number of anilines is 1. The summed E-state index contributed by atoms with van der Waals surface area (Å²) in [6.07, 6.45) is 0.418. The minimum atomic E-state index is -0.170. The first kappa shape index (κ1) is 14.6. The van der Waals surface area contributed by atoms with Crippen molar-refractivity contribution in [3.8, 4) is 11.5 Å². The normalized spacial score (nSPS) is 19.6. The van der Waals surface area contributed by atoms with E-state index in [1.807, 2.05) is 12.1 Å². The molecule has 118 valence electrons. The molecule has 1 aromatic carbocycles. The van der Waals surface area contributed by atoms with Gasteiger partial charge in [-0.2, -0.15) is 0 Å². The van der Waals surface area contributed by atoms with Crippen molar-refractivity contribution in [2.75, 3.05) is 38.5 Å². The number of fused-ring (bicyclic) bond motifs is 1. The van der Waals surface area contributed by atoms with Gasteiger partial charge in [0.25, 0.3) is 0 Å². The van der Waals surface area contributed by atoms with Gasteiger partial charge in [0.1, 0.15) is 6.61 Å². The molecule has 0 saturated carbocycles. The topological polar surface area (TPSA) is 77.1 Å². The van der Waals surface area contributed by atoms with Crippen molar-refractivity contribution in [3.63, 3.8) is 0 Å². The monoisotopic (exact) mass is 306 g/mol. The Morgan fingerprint density at radius 2 is 2.23 bits per heavy atom. The maximum Gasteiger partial charge on any atom is 0.245 e. The van der Waals surface area contributed by atoms with Gasteiger partial charge in [-0.25, -0.2) is 0 Å². The van der Waals surface area contributed by atoms with Crippen molar-refractivity contribution in [1.82, 2.24) is 5.32 Å². The molecule has 2 amide bonds. The molecule has 1 saturated heterocycles. The zero-order chi connectivity index (χ0) is 15.5. The van der Waals surface area contributed by atoms with Gasteiger partial charge < -0.3 is 24.4 Å². The zero-order valence-corrected chi connectivity index (χ0v) is 12.3. The number of hydrogen-bond acceptors (Lipinski definition) is 5. The molecule has 1 fully saturated rings. The fraction of sp³-hybridized carbons (Fsp3) is 0.467. The molecule has 22 heavy (non-hydrogen) atoms. The molecular formula is C15H18N2O5. The lowest BCUT2D eigenvalue weighted by molar-refractivity contribution is -0.125.